The summed E-state index contributed by atoms with van der Waals surface area (Å²) in [4.78, 5) is 38.5. The minimum atomic E-state index is -0.814. The standard InChI is InChI=1S/C16H17N3O5/c20-15(18-5-3-10(4-6-18)16(21)22)7-11-9-17-14-2-1-12(19(23)24)8-13(11)14/h1-2,8-10,17H,3-7H2,(H,21,22). The molecule has 1 aromatic heterocycles. The average Bonchev–Trinajstić information content (AvgIpc) is 2.97. The highest BCUT2D eigenvalue weighted by atomic mass is 16.6. The first-order chi connectivity index (χ1) is 11.5. The maximum Gasteiger partial charge on any atom is 0.306 e. The number of carboxylic acids is 1. The summed E-state index contributed by atoms with van der Waals surface area (Å²) in [7, 11) is 0. The summed E-state index contributed by atoms with van der Waals surface area (Å²) in [6.07, 6.45) is 2.75. The zero-order valence-corrected chi connectivity index (χ0v) is 12.9. The van der Waals surface area contributed by atoms with Crippen LogP contribution in [0.15, 0.2) is 24.4 Å². The molecule has 0 bridgehead atoms. The number of likely N-dealkylation sites (tertiary alicyclic amines) is 1. The highest BCUT2D eigenvalue weighted by molar-refractivity contribution is 5.90. The predicted molar refractivity (Wildman–Crippen MR) is 85.6 cm³/mol. The molecule has 3 rings (SSSR count). The van der Waals surface area contributed by atoms with E-state index in [0.29, 0.717) is 36.9 Å². The molecule has 8 heteroatoms. The van der Waals surface area contributed by atoms with Crippen LogP contribution in [0.4, 0.5) is 5.69 Å². The molecule has 1 fully saturated rings. The molecule has 0 unspecified atom stereocenters. The molecule has 0 spiro atoms. The van der Waals surface area contributed by atoms with Crippen molar-refractivity contribution in [2.45, 2.75) is 19.3 Å². The maximum atomic E-state index is 12.4. The van der Waals surface area contributed by atoms with E-state index < -0.39 is 10.9 Å². The first kappa shape index (κ1) is 16.0. The number of non-ortho nitro benzene ring substituents is 1. The normalized spacial score (nSPS) is 15.6. The van der Waals surface area contributed by atoms with Crippen molar-refractivity contribution in [2.75, 3.05) is 13.1 Å². The van der Waals surface area contributed by atoms with E-state index in [1.807, 2.05) is 0 Å². The summed E-state index contributed by atoms with van der Waals surface area (Å²) >= 11 is 0. The lowest BCUT2D eigenvalue weighted by Crippen LogP contribution is -2.40. The molecule has 1 saturated heterocycles. The topological polar surface area (TPSA) is 117 Å². The lowest BCUT2D eigenvalue weighted by molar-refractivity contribution is -0.384. The van der Waals surface area contributed by atoms with Gasteiger partial charge in [0.1, 0.15) is 0 Å². The number of carboxylic acid groups (broad SMARTS) is 1. The van der Waals surface area contributed by atoms with Crippen molar-refractivity contribution in [3.8, 4) is 0 Å². The highest BCUT2D eigenvalue weighted by Crippen LogP contribution is 2.25. The van der Waals surface area contributed by atoms with Gasteiger partial charge in [-0.2, -0.15) is 0 Å². The number of aromatic nitrogens is 1. The number of nitro benzene ring substituents is 1. The molecule has 2 aromatic rings. The third kappa shape index (κ3) is 3.08. The molecule has 8 nitrogen and oxygen atoms in total. The number of nitrogens with one attached hydrogen (secondary N) is 1. The summed E-state index contributed by atoms with van der Waals surface area (Å²) in [6, 6.07) is 4.51. The maximum absolute atomic E-state index is 12.4. The summed E-state index contributed by atoms with van der Waals surface area (Å²) in [5, 5.41) is 20.6. The number of nitrogens with zero attached hydrogens (tertiary/aromatic N) is 2. The third-order valence-corrected chi connectivity index (χ3v) is 4.50. The van der Waals surface area contributed by atoms with Crippen LogP contribution in [0.3, 0.4) is 0 Å². The van der Waals surface area contributed by atoms with Crippen LogP contribution in [0.5, 0.6) is 0 Å². The summed E-state index contributed by atoms with van der Waals surface area (Å²) < 4.78 is 0. The molecular weight excluding hydrogens is 314 g/mol. The van der Waals surface area contributed by atoms with Crippen LogP contribution in [0.1, 0.15) is 18.4 Å². The summed E-state index contributed by atoms with van der Waals surface area (Å²) in [5.41, 5.74) is 1.44. The van der Waals surface area contributed by atoms with E-state index in [9.17, 15) is 19.7 Å². The molecule has 0 radical (unpaired) electrons. The Kier molecular flexibility index (Phi) is 4.20. The molecule has 1 amide bonds. The Morgan fingerprint density at radius 3 is 2.67 bits per heavy atom. The van der Waals surface area contributed by atoms with Crippen molar-refractivity contribution in [1.82, 2.24) is 9.88 Å². The van der Waals surface area contributed by atoms with Gasteiger partial charge < -0.3 is 15.0 Å². The molecular formula is C16H17N3O5. The zero-order valence-electron chi connectivity index (χ0n) is 12.9. The molecule has 2 N–H and O–H groups in total. The Morgan fingerprint density at radius 2 is 2.04 bits per heavy atom. The van der Waals surface area contributed by atoms with Gasteiger partial charge in [-0.15, -0.1) is 0 Å². The van der Waals surface area contributed by atoms with E-state index in [4.69, 9.17) is 5.11 Å². The SMILES string of the molecule is O=C(O)C1CCN(C(=O)Cc2c[nH]c3ccc([N+](=O)[O-])cc23)CC1. The molecule has 1 aromatic carbocycles. The number of rotatable bonds is 4. The monoisotopic (exact) mass is 331 g/mol. The number of nitro groups is 1. The van der Waals surface area contributed by atoms with Gasteiger partial charge in [0.2, 0.25) is 5.91 Å². The van der Waals surface area contributed by atoms with E-state index >= 15 is 0 Å². The van der Waals surface area contributed by atoms with Crippen molar-refractivity contribution in [3.05, 3.63) is 40.1 Å². The van der Waals surface area contributed by atoms with Gasteiger partial charge in [-0.25, -0.2) is 0 Å². The number of hydrogen-bond donors (Lipinski definition) is 2. The van der Waals surface area contributed by atoms with Crippen LogP contribution in [-0.2, 0) is 16.0 Å². The van der Waals surface area contributed by atoms with Crippen LogP contribution in [-0.4, -0.2) is 44.9 Å². The van der Waals surface area contributed by atoms with Gasteiger partial charge in [-0.1, -0.05) is 0 Å². The number of piperidine rings is 1. The van der Waals surface area contributed by atoms with Crippen LogP contribution in [0.25, 0.3) is 10.9 Å². The van der Waals surface area contributed by atoms with Crippen molar-refractivity contribution in [2.24, 2.45) is 5.92 Å². The van der Waals surface area contributed by atoms with Crippen molar-refractivity contribution in [3.63, 3.8) is 0 Å². The van der Waals surface area contributed by atoms with Gasteiger partial charge in [0.25, 0.3) is 5.69 Å². The number of amides is 1. The van der Waals surface area contributed by atoms with E-state index in [1.54, 1.807) is 17.2 Å². The number of carbonyl (C=O) groups is 2. The fraction of sp³-hybridized carbons (Fsp3) is 0.375. The number of H-pyrrole nitrogens is 1. The van der Waals surface area contributed by atoms with Crippen LogP contribution < -0.4 is 0 Å². The van der Waals surface area contributed by atoms with Crippen molar-refractivity contribution >= 4 is 28.5 Å². The van der Waals surface area contributed by atoms with Gasteiger partial charge >= 0.3 is 5.97 Å². The zero-order chi connectivity index (χ0) is 17.3. The van der Waals surface area contributed by atoms with Gasteiger partial charge in [0.15, 0.2) is 0 Å². The van der Waals surface area contributed by atoms with Crippen molar-refractivity contribution in [1.29, 1.82) is 0 Å². The fourth-order valence-corrected chi connectivity index (χ4v) is 3.08. The second kappa shape index (κ2) is 6.31. The van der Waals surface area contributed by atoms with E-state index in [-0.39, 0.29) is 23.9 Å². The largest absolute Gasteiger partial charge is 0.481 e. The molecule has 0 aliphatic carbocycles. The first-order valence-electron chi connectivity index (χ1n) is 7.70. The number of fused-ring (bicyclic) bond motifs is 1. The van der Waals surface area contributed by atoms with Crippen LogP contribution >= 0.6 is 0 Å². The van der Waals surface area contributed by atoms with Gasteiger partial charge in [0.05, 0.1) is 17.3 Å². The number of aromatic amines is 1. The number of benzene rings is 1. The van der Waals surface area contributed by atoms with Gasteiger partial charge in [-0.05, 0) is 24.5 Å². The molecule has 1 aliphatic rings. The van der Waals surface area contributed by atoms with E-state index in [1.165, 1.54) is 12.1 Å². The van der Waals surface area contributed by atoms with Gasteiger partial charge in [-0.3, -0.25) is 19.7 Å². The Bertz CT molecular complexity index is 805. The van der Waals surface area contributed by atoms with Gasteiger partial charge in [0, 0.05) is 42.3 Å². The average molecular weight is 331 g/mol. The number of aliphatic carboxylic acids is 1. The molecule has 1 aliphatic heterocycles. The molecule has 0 saturated carbocycles. The Balaban J connectivity index is 1.73. The van der Waals surface area contributed by atoms with Crippen LogP contribution in [0, 0.1) is 16.0 Å². The number of hydrogen-bond acceptors (Lipinski definition) is 4. The Hall–Kier alpha value is -2.90. The second-order valence-corrected chi connectivity index (χ2v) is 5.97. The first-order valence-corrected chi connectivity index (χ1v) is 7.70. The highest BCUT2D eigenvalue weighted by Gasteiger charge is 2.27. The molecule has 0 atom stereocenters. The lowest BCUT2D eigenvalue weighted by Gasteiger charge is -2.30. The van der Waals surface area contributed by atoms with Crippen molar-refractivity contribution < 1.29 is 19.6 Å². The smallest absolute Gasteiger partial charge is 0.306 e. The fourth-order valence-electron chi connectivity index (χ4n) is 3.08. The molecule has 24 heavy (non-hydrogen) atoms. The quantitative estimate of drug-likeness (QED) is 0.656. The number of carbonyl (C=O) groups excluding carboxylic acids is 1. The summed E-state index contributed by atoms with van der Waals surface area (Å²) in [6.45, 7) is 0.858. The molecule has 126 valence electrons. The third-order valence-electron chi connectivity index (χ3n) is 4.50. The minimum absolute atomic E-state index is 0.0157. The van der Waals surface area contributed by atoms with Crippen LogP contribution in [0.2, 0.25) is 0 Å². The summed E-state index contributed by atoms with van der Waals surface area (Å²) in [5.74, 6) is -1.29. The predicted octanol–water partition coefficient (Wildman–Crippen LogP) is 1.94. The minimum Gasteiger partial charge on any atom is -0.481 e. The second-order valence-electron chi connectivity index (χ2n) is 5.97. The van der Waals surface area contributed by atoms with E-state index in [0.717, 1.165) is 5.52 Å². The Labute approximate surface area is 137 Å². The lowest BCUT2D eigenvalue weighted by atomic mass is 9.96. The van der Waals surface area contributed by atoms with E-state index in [2.05, 4.69) is 4.98 Å². The Morgan fingerprint density at radius 1 is 1.33 bits per heavy atom. The molecule has 2 heterocycles.